The molecule has 1 N–H and O–H groups in total. The van der Waals surface area contributed by atoms with E-state index in [9.17, 15) is 9.59 Å². The summed E-state index contributed by atoms with van der Waals surface area (Å²) in [6.07, 6.45) is 1.41. The summed E-state index contributed by atoms with van der Waals surface area (Å²) < 4.78 is 1.12. The Kier molecular flexibility index (Phi) is 5.14. The van der Waals surface area contributed by atoms with Crippen LogP contribution in [-0.2, 0) is 4.79 Å². The van der Waals surface area contributed by atoms with E-state index in [1.54, 1.807) is 12.3 Å². The number of nitrogens with one attached hydrogen (secondary N) is 1. The van der Waals surface area contributed by atoms with E-state index >= 15 is 0 Å². The zero-order valence-corrected chi connectivity index (χ0v) is 15.5. The van der Waals surface area contributed by atoms with Crippen LogP contribution in [0.15, 0.2) is 45.6 Å². The van der Waals surface area contributed by atoms with E-state index in [0.717, 1.165) is 10.4 Å². The van der Waals surface area contributed by atoms with E-state index in [2.05, 4.69) is 20.3 Å². The second-order valence-corrected chi connectivity index (χ2v) is 6.44. The molecule has 0 radical (unpaired) electrons. The van der Waals surface area contributed by atoms with Gasteiger partial charge in [-0.2, -0.15) is 14.9 Å². The van der Waals surface area contributed by atoms with Crippen molar-refractivity contribution in [1.29, 1.82) is 0 Å². The lowest BCUT2D eigenvalue weighted by Gasteiger charge is -2.17. The molecule has 8 nitrogen and oxygen atoms in total. The Bertz CT molecular complexity index is 1080. The van der Waals surface area contributed by atoms with E-state index in [1.807, 2.05) is 30.3 Å². The Morgan fingerprint density at radius 3 is 2.81 bits per heavy atom. The number of aromatic nitrogens is 4. The Balaban J connectivity index is 1.93. The summed E-state index contributed by atoms with van der Waals surface area (Å²) in [4.78, 5) is 30.0. The first-order valence-corrected chi connectivity index (χ1v) is 8.80. The zero-order chi connectivity index (χ0) is 18.7. The lowest BCUT2D eigenvalue weighted by Crippen LogP contribution is -2.23. The van der Waals surface area contributed by atoms with Crippen molar-refractivity contribution in [2.45, 2.75) is 13.8 Å². The van der Waals surface area contributed by atoms with Gasteiger partial charge in [0.2, 0.25) is 10.7 Å². The Hall–Kier alpha value is -2.98. The number of carbonyl (C=O) groups excluding carboxylic acids is 1. The van der Waals surface area contributed by atoms with E-state index in [1.165, 1.54) is 29.4 Å². The maximum atomic E-state index is 12.0. The predicted molar refractivity (Wildman–Crippen MR) is 103 cm³/mol. The van der Waals surface area contributed by atoms with Crippen LogP contribution in [0.2, 0.25) is 0 Å². The average molecular weight is 386 g/mol. The van der Waals surface area contributed by atoms with Crippen LogP contribution in [0.4, 0.5) is 10.8 Å². The van der Waals surface area contributed by atoms with Crippen molar-refractivity contribution in [3.05, 3.63) is 62.2 Å². The molecule has 26 heavy (non-hydrogen) atoms. The van der Waals surface area contributed by atoms with Crippen molar-refractivity contribution >= 4 is 46.5 Å². The first kappa shape index (κ1) is 17.8. The first-order valence-electron chi connectivity index (χ1n) is 7.51. The molecule has 2 aromatic heterocycles. The highest BCUT2D eigenvalue weighted by atomic mass is 32.1. The van der Waals surface area contributed by atoms with E-state index in [-0.39, 0.29) is 16.4 Å². The number of nitrogens with zero attached hydrogens (tertiary/aromatic N) is 5. The Labute approximate surface area is 157 Å². The van der Waals surface area contributed by atoms with E-state index in [4.69, 9.17) is 12.2 Å². The zero-order valence-electron chi connectivity index (χ0n) is 13.9. The third kappa shape index (κ3) is 3.65. The minimum absolute atomic E-state index is 0.0851. The molecule has 0 atom stereocenters. The van der Waals surface area contributed by atoms with Crippen molar-refractivity contribution in [2.75, 3.05) is 4.90 Å². The van der Waals surface area contributed by atoms with Crippen molar-refractivity contribution < 1.29 is 4.79 Å². The number of H-pyrrole nitrogens is 1. The van der Waals surface area contributed by atoms with Crippen LogP contribution < -0.4 is 10.5 Å². The molecule has 132 valence electrons. The molecule has 0 aliphatic carbocycles. The highest BCUT2D eigenvalue weighted by molar-refractivity contribution is 7.71. The molecule has 1 amide bonds. The SMILES string of the molecule is CC(=O)N(c1ccccc1)c1nc(/C=N\n2c(=S)[nH]nc(C)c2=O)cs1. The van der Waals surface area contributed by atoms with Gasteiger partial charge >= 0.3 is 0 Å². The molecule has 0 aliphatic rings. The number of para-hydroxylation sites is 1. The monoisotopic (exact) mass is 386 g/mol. The van der Waals surface area contributed by atoms with Gasteiger partial charge < -0.3 is 0 Å². The number of hydrogen-bond donors (Lipinski definition) is 1. The van der Waals surface area contributed by atoms with Crippen LogP contribution in [0.5, 0.6) is 0 Å². The number of rotatable bonds is 4. The largest absolute Gasteiger partial charge is 0.296 e. The van der Waals surface area contributed by atoms with Gasteiger partial charge in [-0.05, 0) is 31.3 Å². The van der Waals surface area contributed by atoms with Crippen LogP contribution in [0.1, 0.15) is 18.3 Å². The van der Waals surface area contributed by atoms with E-state index < -0.39 is 5.56 Å². The molecule has 2 heterocycles. The van der Waals surface area contributed by atoms with Crippen molar-refractivity contribution in [2.24, 2.45) is 5.10 Å². The van der Waals surface area contributed by atoms with Gasteiger partial charge in [-0.15, -0.1) is 11.3 Å². The minimum Gasteiger partial charge on any atom is -0.274 e. The van der Waals surface area contributed by atoms with Crippen molar-refractivity contribution in [1.82, 2.24) is 19.9 Å². The molecule has 0 fully saturated rings. The summed E-state index contributed by atoms with van der Waals surface area (Å²) in [6, 6.07) is 9.23. The van der Waals surface area contributed by atoms with Crippen LogP contribution in [0.3, 0.4) is 0 Å². The molecule has 0 unspecified atom stereocenters. The number of hydrogen-bond acceptors (Lipinski definition) is 7. The highest BCUT2D eigenvalue weighted by Crippen LogP contribution is 2.28. The molecule has 3 aromatic rings. The van der Waals surface area contributed by atoms with Gasteiger partial charge in [-0.25, -0.2) is 4.98 Å². The molecular weight excluding hydrogens is 372 g/mol. The number of carbonyl (C=O) groups is 1. The third-order valence-electron chi connectivity index (χ3n) is 3.35. The molecule has 0 saturated heterocycles. The third-order valence-corrected chi connectivity index (χ3v) is 4.46. The topological polar surface area (TPSA) is 96.2 Å². The molecular formula is C16H14N6O2S2. The number of anilines is 2. The lowest BCUT2D eigenvalue weighted by atomic mass is 10.3. The van der Waals surface area contributed by atoms with Crippen molar-refractivity contribution in [3.8, 4) is 0 Å². The Morgan fingerprint density at radius 2 is 2.12 bits per heavy atom. The summed E-state index contributed by atoms with van der Waals surface area (Å²) in [5.41, 5.74) is 1.07. The number of amides is 1. The minimum atomic E-state index is -0.407. The van der Waals surface area contributed by atoms with Crippen molar-refractivity contribution in [3.63, 3.8) is 0 Å². The summed E-state index contributed by atoms with van der Waals surface area (Å²) >= 11 is 6.32. The quantitative estimate of drug-likeness (QED) is 0.549. The lowest BCUT2D eigenvalue weighted by molar-refractivity contribution is -0.115. The maximum absolute atomic E-state index is 12.0. The van der Waals surface area contributed by atoms with Gasteiger partial charge in [0.1, 0.15) is 5.69 Å². The molecule has 0 bridgehead atoms. The molecule has 1 aromatic carbocycles. The number of aromatic amines is 1. The number of benzene rings is 1. The fourth-order valence-corrected chi connectivity index (χ4v) is 3.15. The highest BCUT2D eigenvalue weighted by Gasteiger charge is 2.17. The van der Waals surface area contributed by atoms with Crippen LogP contribution >= 0.6 is 23.6 Å². The summed E-state index contributed by atoms with van der Waals surface area (Å²) in [7, 11) is 0. The fourth-order valence-electron chi connectivity index (χ4n) is 2.14. The predicted octanol–water partition coefficient (Wildman–Crippen LogP) is 2.63. The smallest absolute Gasteiger partial charge is 0.274 e. The van der Waals surface area contributed by atoms with Gasteiger partial charge in [0.25, 0.3) is 5.56 Å². The van der Waals surface area contributed by atoms with E-state index in [0.29, 0.717) is 10.8 Å². The molecule has 3 rings (SSSR count). The summed E-state index contributed by atoms with van der Waals surface area (Å²) in [5, 5.41) is 12.6. The fraction of sp³-hybridized carbons (Fsp3) is 0.125. The van der Waals surface area contributed by atoms with Gasteiger partial charge in [-0.3, -0.25) is 19.6 Å². The number of aryl methyl sites for hydroxylation is 1. The normalized spacial score (nSPS) is 11.0. The maximum Gasteiger partial charge on any atom is 0.296 e. The second kappa shape index (κ2) is 7.50. The average Bonchev–Trinajstić information content (AvgIpc) is 3.07. The first-order chi connectivity index (χ1) is 12.5. The van der Waals surface area contributed by atoms with Crippen LogP contribution in [-0.4, -0.2) is 32.0 Å². The summed E-state index contributed by atoms with van der Waals surface area (Å²) in [6.45, 7) is 3.03. The van der Waals surface area contributed by atoms with Crippen LogP contribution in [0, 0.1) is 11.7 Å². The van der Waals surface area contributed by atoms with Crippen LogP contribution in [0.25, 0.3) is 0 Å². The number of thiazole rings is 1. The molecule has 0 aliphatic heterocycles. The Morgan fingerprint density at radius 1 is 1.38 bits per heavy atom. The molecule has 0 saturated carbocycles. The van der Waals surface area contributed by atoms with Gasteiger partial charge in [0.15, 0.2) is 5.13 Å². The van der Waals surface area contributed by atoms with Gasteiger partial charge in [0, 0.05) is 12.3 Å². The summed E-state index contributed by atoms with van der Waals surface area (Å²) in [5.74, 6) is -0.155. The molecule has 0 spiro atoms. The standard InChI is InChI=1S/C16H14N6O2S2/c1-10-14(24)22(15(25)20-19-10)17-8-12-9-26-16(18-12)21(11(2)23)13-6-4-3-5-7-13/h3-9H,1-2H3,(H,20,25)/b17-8-. The molecule has 10 heteroatoms. The second-order valence-electron chi connectivity index (χ2n) is 5.22. The van der Waals surface area contributed by atoms with Gasteiger partial charge in [-0.1, -0.05) is 18.2 Å². The van der Waals surface area contributed by atoms with Gasteiger partial charge in [0.05, 0.1) is 17.6 Å².